The van der Waals surface area contributed by atoms with E-state index in [-0.39, 0.29) is 11.5 Å². The largest absolute Gasteiger partial charge is 0.508 e. The number of hydrogen-bond donors (Lipinski definition) is 2. The highest BCUT2D eigenvalue weighted by atomic mass is 16.3. The van der Waals surface area contributed by atoms with Crippen LogP contribution in [0.4, 0.5) is 0 Å². The van der Waals surface area contributed by atoms with E-state index in [2.05, 4.69) is 26.0 Å². The van der Waals surface area contributed by atoms with Gasteiger partial charge in [-0.2, -0.15) is 0 Å². The minimum atomic E-state index is -0.126. The second kappa shape index (κ2) is 4.36. The molecule has 4 rings (SSSR count). The molecule has 21 heavy (non-hydrogen) atoms. The van der Waals surface area contributed by atoms with Crippen molar-refractivity contribution in [1.82, 2.24) is 0 Å². The van der Waals surface area contributed by atoms with Crippen LogP contribution in [0.25, 0.3) is 6.08 Å². The first kappa shape index (κ1) is 13.4. The molecule has 1 aromatic rings. The summed E-state index contributed by atoms with van der Waals surface area (Å²) in [6.45, 7) is 4.41. The second-order valence-electron chi connectivity index (χ2n) is 7.55. The van der Waals surface area contributed by atoms with E-state index in [1.54, 1.807) is 0 Å². The van der Waals surface area contributed by atoms with Crippen molar-refractivity contribution >= 4 is 6.08 Å². The van der Waals surface area contributed by atoms with Gasteiger partial charge in [-0.3, -0.25) is 0 Å². The summed E-state index contributed by atoms with van der Waals surface area (Å²) in [4.78, 5) is 0. The Kier molecular flexibility index (Phi) is 2.78. The number of aromatic hydroxyl groups is 1. The molecule has 0 saturated heterocycles. The number of benzene rings is 1. The molecule has 3 aliphatic rings. The molecule has 5 atom stereocenters. The lowest BCUT2D eigenvalue weighted by molar-refractivity contribution is -0.00803. The molecule has 0 bridgehead atoms. The van der Waals surface area contributed by atoms with E-state index in [1.807, 2.05) is 12.1 Å². The van der Waals surface area contributed by atoms with E-state index in [0.717, 1.165) is 25.7 Å². The van der Waals surface area contributed by atoms with Gasteiger partial charge in [0, 0.05) is 0 Å². The smallest absolute Gasteiger partial charge is 0.116 e. The Morgan fingerprint density at radius 3 is 2.81 bits per heavy atom. The van der Waals surface area contributed by atoms with Crippen LogP contribution in [0.15, 0.2) is 18.2 Å². The number of phenolic OH excluding ortho intramolecular Hbond substituents is 1. The van der Waals surface area contributed by atoms with Crippen LogP contribution in [0, 0.1) is 24.2 Å². The number of rotatable bonds is 0. The summed E-state index contributed by atoms with van der Waals surface area (Å²) in [5.74, 6) is 2.08. The Balaban J connectivity index is 1.79. The van der Waals surface area contributed by atoms with E-state index < -0.39 is 0 Å². The maximum absolute atomic E-state index is 10.4. The number of allylic oxidation sites excluding steroid dienone is 1. The number of phenols is 1. The summed E-state index contributed by atoms with van der Waals surface area (Å²) in [7, 11) is 0. The highest BCUT2D eigenvalue weighted by Gasteiger charge is 2.53. The molecule has 112 valence electrons. The van der Waals surface area contributed by atoms with Gasteiger partial charge in [0.2, 0.25) is 0 Å². The second-order valence-corrected chi connectivity index (χ2v) is 7.55. The Bertz CT molecular complexity index is 618. The van der Waals surface area contributed by atoms with Crippen LogP contribution in [0.1, 0.15) is 55.2 Å². The standard InChI is InChI=1S/C19H24O2/c1-11-9-13(20)10-12-3-4-14-15(18(11)12)7-8-19(2)16(14)5-6-17(19)21/h3-4,9-10,14-17,20-21H,5-8H2,1-2H3/t14-,15+,16+,17?,19+/m1/s1. The molecule has 2 heteroatoms. The van der Waals surface area contributed by atoms with Crippen molar-refractivity contribution in [2.75, 3.05) is 0 Å². The monoisotopic (exact) mass is 284 g/mol. The fourth-order valence-corrected chi connectivity index (χ4v) is 5.44. The summed E-state index contributed by atoms with van der Waals surface area (Å²) < 4.78 is 0. The molecule has 1 unspecified atom stereocenters. The Morgan fingerprint density at radius 1 is 1.19 bits per heavy atom. The van der Waals surface area contributed by atoms with E-state index in [4.69, 9.17) is 0 Å². The minimum Gasteiger partial charge on any atom is -0.508 e. The third kappa shape index (κ3) is 1.75. The van der Waals surface area contributed by atoms with Crippen LogP contribution in [0.5, 0.6) is 5.75 Å². The molecular weight excluding hydrogens is 260 g/mol. The molecular formula is C19H24O2. The average Bonchev–Trinajstić information content (AvgIpc) is 2.74. The van der Waals surface area contributed by atoms with E-state index in [1.165, 1.54) is 16.7 Å². The summed E-state index contributed by atoms with van der Waals surface area (Å²) in [5.41, 5.74) is 3.94. The van der Waals surface area contributed by atoms with Gasteiger partial charge in [-0.05, 0) is 84.6 Å². The van der Waals surface area contributed by atoms with Crippen molar-refractivity contribution in [3.05, 3.63) is 34.9 Å². The molecule has 0 heterocycles. The predicted octanol–water partition coefficient (Wildman–Crippen LogP) is 4.00. The van der Waals surface area contributed by atoms with Crippen molar-refractivity contribution in [1.29, 1.82) is 0 Å². The first-order valence-corrected chi connectivity index (χ1v) is 8.20. The first-order valence-electron chi connectivity index (χ1n) is 8.20. The zero-order valence-electron chi connectivity index (χ0n) is 12.8. The van der Waals surface area contributed by atoms with E-state index in [9.17, 15) is 10.2 Å². The maximum atomic E-state index is 10.4. The Labute approximate surface area is 126 Å². The van der Waals surface area contributed by atoms with Crippen LogP contribution in [-0.2, 0) is 0 Å². The average molecular weight is 284 g/mol. The van der Waals surface area contributed by atoms with Crippen LogP contribution in [0.2, 0.25) is 0 Å². The lowest BCUT2D eigenvalue weighted by Gasteiger charge is -2.48. The van der Waals surface area contributed by atoms with Gasteiger partial charge in [0.25, 0.3) is 0 Å². The van der Waals surface area contributed by atoms with Gasteiger partial charge >= 0.3 is 0 Å². The first-order chi connectivity index (χ1) is 10.0. The number of aliphatic hydroxyl groups is 1. The molecule has 2 saturated carbocycles. The van der Waals surface area contributed by atoms with E-state index >= 15 is 0 Å². The third-order valence-corrected chi connectivity index (χ3v) is 6.56. The van der Waals surface area contributed by atoms with Gasteiger partial charge in [-0.25, -0.2) is 0 Å². The maximum Gasteiger partial charge on any atom is 0.116 e. The SMILES string of the molecule is Cc1cc(O)cc2c1[C@H]1CC[C@]3(C)C(O)CC[C@H]3[C@@H]1C=C2. The molecule has 2 N–H and O–H groups in total. The van der Waals surface area contributed by atoms with Crippen LogP contribution in [-0.4, -0.2) is 16.3 Å². The summed E-state index contributed by atoms with van der Waals surface area (Å²) >= 11 is 0. The summed E-state index contributed by atoms with van der Waals surface area (Å²) in [6.07, 6.45) is 8.80. The zero-order chi connectivity index (χ0) is 14.8. The van der Waals surface area contributed by atoms with Crippen molar-refractivity contribution in [2.45, 2.75) is 51.6 Å². The van der Waals surface area contributed by atoms with Crippen molar-refractivity contribution in [3.8, 4) is 5.75 Å². The molecule has 0 radical (unpaired) electrons. The van der Waals surface area contributed by atoms with Crippen LogP contribution >= 0.6 is 0 Å². The van der Waals surface area contributed by atoms with Crippen molar-refractivity contribution < 1.29 is 10.2 Å². The molecule has 0 aliphatic heterocycles. The minimum absolute atomic E-state index is 0.105. The van der Waals surface area contributed by atoms with Gasteiger partial charge in [-0.1, -0.05) is 19.1 Å². The van der Waals surface area contributed by atoms with E-state index in [0.29, 0.717) is 23.5 Å². The topological polar surface area (TPSA) is 40.5 Å². The number of aliphatic hydroxyl groups excluding tert-OH is 1. The highest BCUT2D eigenvalue weighted by molar-refractivity contribution is 5.63. The Morgan fingerprint density at radius 2 is 2.00 bits per heavy atom. The van der Waals surface area contributed by atoms with Crippen molar-refractivity contribution in [2.24, 2.45) is 17.3 Å². The van der Waals surface area contributed by atoms with Crippen LogP contribution < -0.4 is 0 Å². The predicted molar refractivity (Wildman–Crippen MR) is 84.2 cm³/mol. The lowest BCUT2D eigenvalue weighted by Crippen LogP contribution is -2.42. The number of fused-ring (bicyclic) bond motifs is 5. The summed E-state index contributed by atoms with van der Waals surface area (Å²) in [6, 6.07) is 3.79. The normalized spacial score (nSPS) is 40.5. The summed E-state index contributed by atoms with van der Waals surface area (Å²) in [5, 5.41) is 20.2. The highest BCUT2D eigenvalue weighted by Crippen LogP contribution is 2.60. The molecule has 0 aromatic heterocycles. The van der Waals surface area contributed by atoms with Crippen molar-refractivity contribution in [3.63, 3.8) is 0 Å². The van der Waals surface area contributed by atoms with Gasteiger partial charge in [-0.15, -0.1) is 0 Å². The Hall–Kier alpha value is -1.28. The molecule has 3 aliphatic carbocycles. The molecule has 0 spiro atoms. The molecule has 2 fully saturated rings. The third-order valence-electron chi connectivity index (χ3n) is 6.56. The fraction of sp³-hybridized carbons (Fsp3) is 0.579. The molecule has 2 nitrogen and oxygen atoms in total. The molecule has 0 amide bonds. The van der Waals surface area contributed by atoms with Crippen LogP contribution in [0.3, 0.4) is 0 Å². The quantitative estimate of drug-likeness (QED) is 0.756. The zero-order valence-corrected chi connectivity index (χ0v) is 12.8. The van der Waals surface area contributed by atoms with Gasteiger partial charge < -0.3 is 10.2 Å². The van der Waals surface area contributed by atoms with Gasteiger partial charge in [0.1, 0.15) is 5.75 Å². The van der Waals surface area contributed by atoms with Gasteiger partial charge in [0.05, 0.1) is 6.10 Å². The number of hydrogen-bond acceptors (Lipinski definition) is 2. The number of aryl methyl sites for hydroxylation is 1. The lowest BCUT2D eigenvalue weighted by atomic mass is 9.56. The fourth-order valence-electron chi connectivity index (χ4n) is 5.44. The van der Waals surface area contributed by atoms with Gasteiger partial charge in [0.15, 0.2) is 0 Å². The molecule has 1 aromatic carbocycles.